The molecule has 0 aromatic rings. The van der Waals surface area contributed by atoms with Crippen molar-refractivity contribution in [2.75, 3.05) is 0 Å². The van der Waals surface area contributed by atoms with Crippen molar-refractivity contribution >= 4 is 11.9 Å². The number of rotatable bonds is 8. The summed E-state index contributed by atoms with van der Waals surface area (Å²) in [6, 6.07) is 0. The lowest BCUT2D eigenvalue weighted by molar-refractivity contribution is -0.142. The van der Waals surface area contributed by atoms with Gasteiger partial charge in [-0.15, -0.1) is 0 Å². The molecule has 0 aliphatic rings. The summed E-state index contributed by atoms with van der Waals surface area (Å²) in [7, 11) is 0. The summed E-state index contributed by atoms with van der Waals surface area (Å²) in [5.41, 5.74) is 0. The zero-order chi connectivity index (χ0) is 14.4. The van der Waals surface area contributed by atoms with Gasteiger partial charge in [-0.3, -0.25) is 9.59 Å². The number of hydrogen-bond donors (Lipinski definition) is 1. The Labute approximate surface area is 110 Å². The number of hydrogen-bond acceptors (Lipinski definition) is 3. The van der Waals surface area contributed by atoms with Gasteiger partial charge in [-0.1, -0.05) is 46.1 Å². The second-order valence-electron chi connectivity index (χ2n) is 4.10. The number of carboxylic acids is 1. The fourth-order valence-electron chi connectivity index (χ4n) is 1.50. The van der Waals surface area contributed by atoms with E-state index in [1.807, 2.05) is 6.92 Å². The number of carbonyl (C=O) groups is 2. The Bertz CT molecular complexity index is 236. The molecule has 0 bridgehead atoms. The summed E-state index contributed by atoms with van der Waals surface area (Å²) in [6.07, 6.45) is 7.15. The van der Waals surface area contributed by atoms with Crippen molar-refractivity contribution in [3.05, 3.63) is 12.8 Å². The molecule has 0 amide bonds. The molecule has 0 aromatic carbocycles. The maximum atomic E-state index is 10.7. The third-order valence-electron chi connectivity index (χ3n) is 2.39. The number of carboxylic acid groups (broad SMARTS) is 1. The first-order valence-corrected chi connectivity index (χ1v) is 6.50. The highest BCUT2D eigenvalue weighted by atomic mass is 16.5. The van der Waals surface area contributed by atoms with Crippen LogP contribution in [0.4, 0.5) is 0 Å². The number of ether oxygens (including phenoxy) is 1. The van der Waals surface area contributed by atoms with Crippen molar-refractivity contribution in [3.8, 4) is 0 Å². The van der Waals surface area contributed by atoms with Crippen LogP contribution in [-0.2, 0) is 14.3 Å². The van der Waals surface area contributed by atoms with E-state index in [1.165, 1.54) is 13.3 Å². The highest BCUT2D eigenvalue weighted by Gasteiger charge is 2.14. The number of carbonyl (C=O) groups excluding carboxylic acids is 1. The van der Waals surface area contributed by atoms with E-state index in [9.17, 15) is 9.59 Å². The Balaban J connectivity index is 0. The van der Waals surface area contributed by atoms with E-state index in [0.717, 1.165) is 38.4 Å². The highest BCUT2D eigenvalue weighted by molar-refractivity contribution is 5.69. The summed E-state index contributed by atoms with van der Waals surface area (Å²) in [4.78, 5) is 20.4. The minimum absolute atomic E-state index is 0.0958. The van der Waals surface area contributed by atoms with Crippen LogP contribution in [-0.4, -0.2) is 17.0 Å². The van der Waals surface area contributed by atoms with E-state index in [4.69, 9.17) is 5.11 Å². The van der Waals surface area contributed by atoms with Crippen molar-refractivity contribution in [1.82, 2.24) is 0 Å². The summed E-state index contributed by atoms with van der Waals surface area (Å²) in [6.45, 7) is 8.65. The molecule has 1 N–H and O–H groups in total. The lowest BCUT2D eigenvalue weighted by Crippen LogP contribution is -2.13. The monoisotopic (exact) mass is 258 g/mol. The molecule has 0 fully saturated rings. The molecule has 0 aliphatic carbocycles. The fourth-order valence-corrected chi connectivity index (χ4v) is 1.50. The maximum absolute atomic E-state index is 10.7. The van der Waals surface area contributed by atoms with Gasteiger partial charge in [-0.25, -0.2) is 0 Å². The molecule has 0 rings (SSSR count). The van der Waals surface area contributed by atoms with Gasteiger partial charge in [-0.2, -0.15) is 0 Å². The lowest BCUT2D eigenvalue weighted by atomic mass is 9.97. The van der Waals surface area contributed by atoms with Crippen molar-refractivity contribution < 1.29 is 19.4 Å². The fraction of sp³-hybridized carbons (Fsp3) is 0.714. The van der Waals surface area contributed by atoms with Crippen LogP contribution in [0.5, 0.6) is 0 Å². The largest absolute Gasteiger partial charge is 0.481 e. The van der Waals surface area contributed by atoms with Crippen molar-refractivity contribution in [2.24, 2.45) is 5.92 Å². The molecule has 4 nitrogen and oxygen atoms in total. The third kappa shape index (κ3) is 14.7. The van der Waals surface area contributed by atoms with Gasteiger partial charge in [0, 0.05) is 6.92 Å². The van der Waals surface area contributed by atoms with Crippen LogP contribution >= 0.6 is 0 Å². The van der Waals surface area contributed by atoms with Gasteiger partial charge < -0.3 is 9.84 Å². The number of aliphatic carboxylic acids is 1. The molecule has 0 heterocycles. The maximum Gasteiger partial charge on any atom is 0.307 e. The summed E-state index contributed by atoms with van der Waals surface area (Å²) in [5, 5.41) is 8.80. The SMILES string of the molecule is C=COC(C)=O.CCCCCC(CCC)C(=O)O. The zero-order valence-corrected chi connectivity index (χ0v) is 11.8. The van der Waals surface area contributed by atoms with Gasteiger partial charge in [0.25, 0.3) is 0 Å². The summed E-state index contributed by atoms with van der Waals surface area (Å²) >= 11 is 0. The quantitative estimate of drug-likeness (QED) is 0.409. The molecule has 0 radical (unpaired) electrons. The lowest BCUT2D eigenvalue weighted by Gasteiger charge is -2.09. The molecule has 1 atom stereocenters. The van der Waals surface area contributed by atoms with Gasteiger partial charge in [0.15, 0.2) is 0 Å². The topological polar surface area (TPSA) is 63.6 Å². The van der Waals surface area contributed by atoms with E-state index < -0.39 is 5.97 Å². The second kappa shape index (κ2) is 13.7. The van der Waals surface area contributed by atoms with E-state index in [0.29, 0.717) is 0 Å². The van der Waals surface area contributed by atoms with Crippen molar-refractivity contribution in [1.29, 1.82) is 0 Å². The Hall–Kier alpha value is -1.32. The minimum Gasteiger partial charge on any atom is -0.481 e. The van der Waals surface area contributed by atoms with E-state index in [-0.39, 0.29) is 11.9 Å². The first-order valence-electron chi connectivity index (χ1n) is 6.50. The molecular weight excluding hydrogens is 232 g/mol. The molecule has 0 saturated heterocycles. The molecule has 1 unspecified atom stereocenters. The highest BCUT2D eigenvalue weighted by Crippen LogP contribution is 2.15. The Morgan fingerprint density at radius 1 is 1.22 bits per heavy atom. The Morgan fingerprint density at radius 2 is 1.83 bits per heavy atom. The van der Waals surface area contributed by atoms with Gasteiger partial charge >= 0.3 is 11.9 Å². The van der Waals surface area contributed by atoms with E-state index >= 15 is 0 Å². The average molecular weight is 258 g/mol. The summed E-state index contributed by atoms with van der Waals surface area (Å²) in [5.74, 6) is -1.04. The normalized spacial score (nSPS) is 10.8. The number of esters is 1. The van der Waals surface area contributed by atoms with Crippen LogP contribution in [0.2, 0.25) is 0 Å². The van der Waals surface area contributed by atoms with Crippen LogP contribution in [0.15, 0.2) is 12.8 Å². The van der Waals surface area contributed by atoms with Crippen LogP contribution in [0, 0.1) is 5.92 Å². The third-order valence-corrected chi connectivity index (χ3v) is 2.39. The van der Waals surface area contributed by atoms with Gasteiger partial charge in [-0.05, 0) is 12.8 Å². The zero-order valence-electron chi connectivity index (χ0n) is 11.8. The van der Waals surface area contributed by atoms with Gasteiger partial charge in [0.2, 0.25) is 0 Å². The van der Waals surface area contributed by atoms with Crippen LogP contribution < -0.4 is 0 Å². The first-order chi connectivity index (χ1) is 8.49. The molecule has 4 heteroatoms. The van der Waals surface area contributed by atoms with Crippen LogP contribution in [0.3, 0.4) is 0 Å². The smallest absolute Gasteiger partial charge is 0.307 e. The minimum atomic E-state index is -0.618. The van der Waals surface area contributed by atoms with Crippen LogP contribution in [0.1, 0.15) is 59.3 Å². The predicted molar refractivity (Wildman–Crippen MR) is 72.1 cm³/mol. The molecule has 106 valence electrons. The molecule has 0 saturated carbocycles. The Kier molecular flexibility index (Phi) is 14.5. The average Bonchev–Trinajstić information content (AvgIpc) is 2.28. The van der Waals surface area contributed by atoms with Crippen molar-refractivity contribution in [3.63, 3.8) is 0 Å². The molecule has 18 heavy (non-hydrogen) atoms. The Morgan fingerprint density at radius 3 is 2.11 bits per heavy atom. The van der Waals surface area contributed by atoms with Gasteiger partial charge in [0.05, 0.1) is 12.2 Å². The summed E-state index contributed by atoms with van der Waals surface area (Å²) < 4.78 is 4.17. The number of unbranched alkanes of at least 4 members (excludes halogenated alkanes) is 2. The first kappa shape index (κ1) is 19.0. The van der Waals surface area contributed by atoms with E-state index in [1.54, 1.807) is 0 Å². The standard InChI is InChI=1S/C10H20O2.C4H6O2/c1-3-5-6-8-9(7-4-2)10(11)12;1-3-6-4(2)5/h9H,3-8H2,1-2H3,(H,11,12);3H,1H2,2H3. The molecule has 0 aromatic heterocycles. The van der Waals surface area contributed by atoms with Gasteiger partial charge in [0.1, 0.15) is 0 Å². The van der Waals surface area contributed by atoms with Crippen LogP contribution in [0.25, 0.3) is 0 Å². The van der Waals surface area contributed by atoms with E-state index in [2.05, 4.69) is 18.2 Å². The van der Waals surface area contributed by atoms with Crippen molar-refractivity contribution in [2.45, 2.75) is 59.3 Å². The molecular formula is C14H26O4. The second-order valence-corrected chi connectivity index (χ2v) is 4.10. The molecule has 0 spiro atoms. The predicted octanol–water partition coefficient (Wildman–Crippen LogP) is 3.76. The molecule has 0 aliphatic heterocycles.